The first-order valence-electron chi connectivity index (χ1n) is 6.85. The minimum atomic E-state index is -0.387. The average molecular weight is 286 g/mol. The summed E-state index contributed by atoms with van der Waals surface area (Å²) in [5, 5.41) is 5.35. The molecule has 2 rings (SSSR count). The number of hydrogen-bond acceptors (Lipinski definition) is 4. The minimum Gasteiger partial charge on any atom is -0.491 e. The van der Waals surface area contributed by atoms with Crippen LogP contribution in [0.1, 0.15) is 19.8 Å². The molecule has 0 saturated carbocycles. The lowest BCUT2D eigenvalue weighted by molar-refractivity contribution is 0.261. The van der Waals surface area contributed by atoms with Crippen LogP contribution >= 0.6 is 0 Å². The van der Waals surface area contributed by atoms with Crippen LogP contribution in [0.4, 0.5) is 16.3 Å². The fraction of sp³-hybridized carbons (Fsp3) is 0.267. The van der Waals surface area contributed by atoms with Crippen molar-refractivity contribution in [3.8, 4) is 5.75 Å². The van der Waals surface area contributed by atoms with Crippen molar-refractivity contribution >= 4 is 17.5 Å². The lowest BCUT2D eigenvalue weighted by atomic mass is 10.3. The van der Waals surface area contributed by atoms with E-state index in [4.69, 9.17) is 4.74 Å². The van der Waals surface area contributed by atoms with Crippen molar-refractivity contribution in [2.24, 2.45) is 0 Å². The zero-order chi connectivity index (χ0) is 14.9. The van der Waals surface area contributed by atoms with E-state index in [-0.39, 0.29) is 6.03 Å². The molecule has 0 aliphatic carbocycles. The van der Waals surface area contributed by atoms with Gasteiger partial charge in [-0.25, -0.2) is 9.78 Å². The predicted molar refractivity (Wildman–Crippen MR) is 81.5 cm³/mol. The van der Waals surface area contributed by atoms with Gasteiger partial charge in [0.25, 0.3) is 0 Å². The maximum absolute atomic E-state index is 11.9. The number of nitrogens with zero attached hydrogens (tertiary/aromatic N) is 2. The van der Waals surface area contributed by atoms with Gasteiger partial charge in [0.2, 0.25) is 0 Å². The maximum Gasteiger partial charge on any atom is 0.324 e. The largest absolute Gasteiger partial charge is 0.491 e. The second-order valence-corrected chi connectivity index (χ2v) is 4.37. The number of para-hydroxylation sites is 2. The Labute approximate surface area is 123 Å². The number of ether oxygens (including phenoxy) is 1. The smallest absolute Gasteiger partial charge is 0.324 e. The second kappa shape index (κ2) is 7.84. The molecule has 0 fully saturated rings. The molecule has 6 nitrogen and oxygen atoms in total. The van der Waals surface area contributed by atoms with Crippen LogP contribution in [-0.2, 0) is 0 Å². The number of carbonyl (C=O) groups excluding carboxylic acids is 1. The van der Waals surface area contributed by atoms with Crippen molar-refractivity contribution in [2.75, 3.05) is 17.2 Å². The Kier molecular flexibility index (Phi) is 5.51. The molecule has 2 N–H and O–H groups in total. The number of aromatic nitrogens is 2. The van der Waals surface area contributed by atoms with Crippen LogP contribution in [-0.4, -0.2) is 22.6 Å². The zero-order valence-electron chi connectivity index (χ0n) is 11.9. The molecule has 0 unspecified atom stereocenters. The lowest BCUT2D eigenvalue weighted by Gasteiger charge is -2.12. The van der Waals surface area contributed by atoms with Gasteiger partial charge in [0, 0.05) is 12.4 Å². The predicted octanol–water partition coefficient (Wildman–Crippen LogP) is 3.30. The summed E-state index contributed by atoms with van der Waals surface area (Å²) in [5.41, 5.74) is 0.620. The monoisotopic (exact) mass is 286 g/mol. The molecule has 1 heterocycles. The standard InChI is InChI=1S/C15H18N4O2/c1-2-3-10-21-13-7-5-4-6-12(13)18-15(20)19-14-11-16-8-9-17-14/h4-9,11H,2-3,10H2,1H3,(H2,17,18,19,20). The Bertz CT molecular complexity index is 575. The molecular formula is C15H18N4O2. The third-order valence-electron chi connectivity index (χ3n) is 2.70. The first-order valence-corrected chi connectivity index (χ1v) is 6.85. The number of benzene rings is 1. The maximum atomic E-state index is 11.9. The first-order chi connectivity index (χ1) is 10.3. The van der Waals surface area contributed by atoms with Crippen molar-refractivity contribution in [3.63, 3.8) is 0 Å². The van der Waals surface area contributed by atoms with Gasteiger partial charge in [-0.1, -0.05) is 25.5 Å². The topological polar surface area (TPSA) is 76.1 Å². The van der Waals surface area contributed by atoms with Gasteiger partial charge in [-0.15, -0.1) is 0 Å². The van der Waals surface area contributed by atoms with Gasteiger partial charge in [-0.2, -0.15) is 0 Å². The molecule has 0 bridgehead atoms. The van der Waals surface area contributed by atoms with Gasteiger partial charge in [0.15, 0.2) is 5.82 Å². The van der Waals surface area contributed by atoms with E-state index < -0.39 is 0 Å². The van der Waals surface area contributed by atoms with E-state index >= 15 is 0 Å². The fourth-order valence-corrected chi connectivity index (χ4v) is 1.66. The number of anilines is 2. The van der Waals surface area contributed by atoms with Crippen molar-refractivity contribution in [1.29, 1.82) is 0 Å². The average Bonchev–Trinajstić information content (AvgIpc) is 2.50. The molecule has 0 aliphatic rings. The van der Waals surface area contributed by atoms with Crippen molar-refractivity contribution < 1.29 is 9.53 Å². The van der Waals surface area contributed by atoms with Gasteiger partial charge < -0.3 is 10.1 Å². The summed E-state index contributed by atoms with van der Waals surface area (Å²) in [4.78, 5) is 19.8. The Morgan fingerprint density at radius 3 is 2.86 bits per heavy atom. The molecule has 110 valence electrons. The van der Waals surface area contributed by atoms with Crippen LogP contribution in [0.25, 0.3) is 0 Å². The minimum absolute atomic E-state index is 0.387. The normalized spacial score (nSPS) is 9.95. The molecule has 2 aromatic rings. The Morgan fingerprint density at radius 2 is 2.10 bits per heavy atom. The van der Waals surface area contributed by atoms with E-state index in [0.29, 0.717) is 23.9 Å². The number of unbranched alkanes of at least 4 members (excludes halogenated alkanes) is 1. The van der Waals surface area contributed by atoms with E-state index in [1.54, 1.807) is 12.3 Å². The van der Waals surface area contributed by atoms with Crippen molar-refractivity contribution in [3.05, 3.63) is 42.9 Å². The van der Waals surface area contributed by atoms with Gasteiger partial charge in [-0.3, -0.25) is 10.3 Å². The highest BCUT2D eigenvalue weighted by atomic mass is 16.5. The summed E-state index contributed by atoms with van der Waals surface area (Å²) in [6.45, 7) is 2.73. The van der Waals surface area contributed by atoms with E-state index in [0.717, 1.165) is 12.8 Å². The summed E-state index contributed by atoms with van der Waals surface area (Å²) < 4.78 is 5.66. The Morgan fingerprint density at radius 1 is 1.24 bits per heavy atom. The Hall–Kier alpha value is -2.63. The summed E-state index contributed by atoms with van der Waals surface area (Å²) in [6, 6.07) is 6.94. The molecule has 0 aliphatic heterocycles. The first kappa shape index (κ1) is 14.8. The summed E-state index contributed by atoms with van der Waals surface area (Å²) in [6.07, 6.45) is 6.56. The summed E-state index contributed by atoms with van der Waals surface area (Å²) in [5.74, 6) is 1.04. The highest BCUT2D eigenvalue weighted by molar-refractivity contribution is 5.99. The molecule has 0 saturated heterocycles. The molecule has 1 aromatic carbocycles. The summed E-state index contributed by atoms with van der Waals surface area (Å²) >= 11 is 0. The van der Waals surface area contributed by atoms with Crippen LogP contribution in [0.3, 0.4) is 0 Å². The van der Waals surface area contributed by atoms with Crippen LogP contribution in [0.15, 0.2) is 42.9 Å². The fourth-order valence-electron chi connectivity index (χ4n) is 1.66. The summed E-state index contributed by atoms with van der Waals surface area (Å²) in [7, 11) is 0. The number of rotatable bonds is 6. The number of nitrogens with one attached hydrogen (secondary N) is 2. The molecule has 1 aromatic heterocycles. The second-order valence-electron chi connectivity index (χ2n) is 4.37. The van der Waals surface area contributed by atoms with E-state index in [2.05, 4.69) is 27.5 Å². The molecular weight excluding hydrogens is 268 g/mol. The van der Waals surface area contributed by atoms with E-state index in [1.807, 2.05) is 18.2 Å². The van der Waals surface area contributed by atoms with Crippen LogP contribution in [0.5, 0.6) is 5.75 Å². The molecule has 0 spiro atoms. The van der Waals surface area contributed by atoms with Crippen LogP contribution in [0, 0.1) is 0 Å². The number of urea groups is 1. The third-order valence-corrected chi connectivity index (χ3v) is 2.70. The molecule has 0 radical (unpaired) electrons. The highest BCUT2D eigenvalue weighted by Crippen LogP contribution is 2.24. The third kappa shape index (κ3) is 4.76. The molecule has 2 amide bonds. The zero-order valence-corrected chi connectivity index (χ0v) is 11.9. The SMILES string of the molecule is CCCCOc1ccccc1NC(=O)Nc1cnccn1. The van der Waals surface area contributed by atoms with Crippen molar-refractivity contribution in [2.45, 2.75) is 19.8 Å². The van der Waals surface area contributed by atoms with Gasteiger partial charge >= 0.3 is 6.03 Å². The van der Waals surface area contributed by atoms with Crippen LogP contribution < -0.4 is 15.4 Å². The van der Waals surface area contributed by atoms with E-state index in [1.165, 1.54) is 12.4 Å². The van der Waals surface area contributed by atoms with Gasteiger partial charge in [-0.05, 0) is 18.6 Å². The Balaban J connectivity index is 1.97. The molecule has 6 heteroatoms. The van der Waals surface area contributed by atoms with Crippen LogP contribution in [0.2, 0.25) is 0 Å². The quantitative estimate of drug-likeness (QED) is 0.799. The lowest BCUT2D eigenvalue weighted by Crippen LogP contribution is -2.20. The number of carbonyl (C=O) groups is 1. The number of hydrogen-bond donors (Lipinski definition) is 2. The van der Waals surface area contributed by atoms with Gasteiger partial charge in [0.1, 0.15) is 5.75 Å². The molecule has 0 atom stereocenters. The van der Waals surface area contributed by atoms with E-state index in [9.17, 15) is 4.79 Å². The van der Waals surface area contributed by atoms with Crippen molar-refractivity contribution in [1.82, 2.24) is 9.97 Å². The van der Waals surface area contributed by atoms with Gasteiger partial charge in [0.05, 0.1) is 18.5 Å². The highest BCUT2D eigenvalue weighted by Gasteiger charge is 2.08. The number of amides is 2. The molecule has 21 heavy (non-hydrogen) atoms.